The monoisotopic (exact) mass is 222 g/mol. The number of hydrogen-bond donors (Lipinski definition) is 1. The summed E-state index contributed by atoms with van der Waals surface area (Å²) in [6, 6.07) is 0. The second kappa shape index (κ2) is 5.46. The summed E-state index contributed by atoms with van der Waals surface area (Å²) >= 11 is 0. The molecule has 0 aliphatic carbocycles. The van der Waals surface area contributed by atoms with Crippen LogP contribution in [0.4, 0.5) is 0 Å². The Bertz CT molecular complexity index is 326. The molecule has 0 spiro atoms. The highest BCUT2D eigenvalue weighted by atomic mass is 15.3. The van der Waals surface area contributed by atoms with Crippen LogP contribution in [0.3, 0.4) is 0 Å². The fourth-order valence-corrected chi connectivity index (χ4v) is 2.18. The van der Waals surface area contributed by atoms with Crippen LogP contribution in [0.15, 0.2) is 6.20 Å². The minimum absolute atomic E-state index is 0.938. The molecule has 0 bridgehead atoms. The van der Waals surface area contributed by atoms with E-state index < -0.39 is 0 Å². The molecule has 2 rings (SSSR count). The van der Waals surface area contributed by atoms with E-state index in [0.29, 0.717) is 0 Å². The summed E-state index contributed by atoms with van der Waals surface area (Å²) in [6.45, 7) is 7.88. The van der Waals surface area contributed by atoms with Crippen molar-refractivity contribution in [1.82, 2.24) is 20.0 Å². The molecule has 1 aromatic heterocycles. The van der Waals surface area contributed by atoms with Gasteiger partial charge in [0.15, 0.2) is 0 Å². The van der Waals surface area contributed by atoms with Gasteiger partial charge in [0.1, 0.15) is 0 Å². The molecule has 90 valence electrons. The minimum atomic E-state index is 0.938. The maximum atomic E-state index is 4.24. The standard InChI is InChI=1S/C12H22N4/c1-11-12(10-14-15(11)2)9-13-5-8-16-6-3-4-7-16/h10,13H,3-9H2,1-2H3. The fourth-order valence-electron chi connectivity index (χ4n) is 2.18. The minimum Gasteiger partial charge on any atom is -0.311 e. The summed E-state index contributed by atoms with van der Waals surface area (Å²) in [5.74, 6) is 0. The van der Waals surface area contributed by atoms with Gasteiger partial charge in [-0.2, -0.15) is 5.10 Å². The number of nitrogens with zero attached hydrogens (tertiary/aromatic N) is 3. The molecule has 0 radical (unpaired) electrons. The zero-order valence-corrected chi connectivity index (χ0v) is 10.4. The second-order valence-electron chi connectivity index (χ2n) is 4.60. The normalized spacial score (nSPS) is 17.1. The number of aromatic nitrogens is 2. The maximum absolute atomic E-state index is 4.24. The Labute approximate surface area is 97.6 Å². The molecule has 4 nitrogen and oxygen atoms in total. The Hall–Kier alpha value is -0.870. The van der Waals surface area contributed by atoms with Gasteiger partial charge in [-0.05, 0) is 32.9 Å². The molecule has 1 N–H and O–H groups in total. The molecule has 1 saturated heterocycles. The average Bonchev–Trinajstić information content (AvgIpc) is 2.88. The molecule has 0 atom stereocenters. The van der Waals surface area contributed by atoms with Crippen molar-refractivity contribution in [3.8, 4) is 0 Å². The lowest BCUT2D eigenvalue weighted by molar-refractivity contribution is 0.335. The Kier molecular flexibility index (Phi) is 3.96. The molecule has 4 heteroatoms. The molecule has 1 aliphatic heterocycles. The fraction of sp³-hybridized carbons (Fsp3) is 0.750. The lowest BCUT2D eigenvalue weighted by Crippen LogP contribution is -2.29. The van der Waals surface area contributed by atoms with Gasteiger partial charge < -0.3 is 10.2 Å². The number of nitrogens with one attached hydrogen (secondary N) is 1. The van der Waals surface area contributed by atoms with Crippen molar-refractivity contribution in [3.63, 3.8) is 0 Å². The predicted molar refractivity (Wildman–Crippen MR) is 65.3 cm³/mol. The van der Waals surface area contributed by atoms with Crippen LogP contribution < -0.4 is 5.32 Å². The summed E-state index contributed by atoms with van der Waals surface area (Å²) in [5, 5.41) is 7.73. The van der Waals surface area contributed by atoms with Crippen LogP contribution in [0, 0.1) is 6.92 Å². The molecule has 2 heterocycles. The first-order chi connectivity index (χ1) is 7.77. The molecule has 16 heavy (non-hydrogen) atoms. The van der Waals surface area contributed by atoms with Crippen molar-refractivity contribution in [2.45, 2.75) is 26.3 Å². The van der Waals surface area contributed by atoms with E-state index in [4.69, 9.17) is 0 Å². The largest absolute Gasteiger partial charge is 0.311 e. The zero-order valence-electron chi connectivity index (χ0n) is 10.4. The SMILES string of the molecule is Cc1c(CNCCN2CCCC2)cnn1C. The first-order valence-corrected chi connectivity index (χ1v) is 6.18. The van der Waals surface area contributed by atoms with E-state index in [-0.39, 0.29) is 0 Å². The van der Waals surface area contributed by atoms with E-state index in [1.54, 1.807) is 0 Å². The third-order valence-corrected chi connectivity index (χ3v) is 3.46. The molecule has 1 aliphatic rings. The zero-order chi connectivity index (χ0) is 11.4. The molecule has 0 unspecified atom stereocenters. The van der Waals surface area contributed by atoms with Crippen molar-refractivity contribution in [3.05, 3.63) is 17.5 Å². The summed E-state index contributed by atoms with van der Waals surface area (Å²) in [5.41, 5.74) is 2.57. The molecule has 0 saturated carbocycles. The van der Waals surface area contributed by atoms with Crippen LogP contribution in [-0.2, 0) is 13.6 Å². The summed E-state index contributed by atoms with van der Waals surface area (Å²) in [7, 11) is 1.99. The van der Waals surface area contributed by atoms with Gasteiger partial charge in [-0.1, -0.05) is 0 Å². The van der Waals surface area contributed by atoms with Crippen molar-refractivity contribution >= 4 is 0 Å². The molecule has 1 aromatic rings. The Morgan fingerprint density at radius 2 is 2.12 bits per heavy atom. The van der Waals surface area contributed by atoms with E-state index in [1.807, 2.05) is 17.9 Å². The third kappa shape index (κ3) is 2.83. The molecular formula is C12H22N4. The highest BCUT2D eigenvalue weighted by Gasteiger charge is 2.10. The van der Waals surface area contributed by atoms with E-state index in [2.05, 4.69) is 22.2 Å². The van der Waals surface area contributed by atoms with E-state index in [1.165, 1.54) is 43.7 Å². The van der Waals surface area contributed by atoms with Crippen LogP contribution in [0.25, 0.3) is 0 Å². The summed E-state index contributed by atoms with van der Waals surface area (Å²) in [6.07, 6.45) is 4.71. The van der Waals surface area contributed by atoms with Crippen LogP contribution in [0.5, 0.6) is 0 Å². The molecule has 0 amide bonds. The van der Waals surface area contributed by atoms with Crippen molar-refractivity contribution in [2.75, 3.05) is 26.2 Å². The van der Waals surface area contributed by atoms with Crippen LogP contribution in [0.1, 0.15) is 24.1 Å². The van der Waals surface area contributed by atoms with Gasteiger partial charge in [0.2, 0.25) is 0 Å². The van der Waals surface area contributed by atoms with Gasteiger partial charge in [0, 0.05) is 37.9 Å². The predicted octanol–water partition coefficient (Wildman–Crippen LogP) is 0.914. The van der Waals surface area contributed by atoms with E-state index >= 15 is 0 Å². The summed E-state index contributed by atoms with van der Waals surface area (Å²) < 4.78 is 1.93. The first kappa shape index (κ1) is 11.6. The number of likely N-dealkylation sites (tertiary alicyclic amines) is 1. The van der Waals surface area contributed by atoms with E-state index in [0.717, 1.165) is 13.1 Å². The Morgan fingerprint density at radius 3 is 2.75 bits per heavy atom. The molecule has 1 fully saturated rings. The lowest BCUT2D eigenvalue weighted by Gasteiger charge is -2.14. The van der Waals surface area contributed by atoms with Crippen molar-refractivity contribution < 1.29 is 0 Å². The number of rotatable bonds is 5. The summed E-state index contributed by atoms with van der Waals surface area (Å²) in [4.78, 5) is 2.53. The Balaban J connectivity index is 1.66. The van der Waals surface area contributed by atoms with Gasteiger partial charge in [-0.15, -0.1) is 0 Å². The second-order valence-corrected chi connectivity index (χ2v) is 4.60. The average molecular weight is 222 g/mol. The quantitative estimate of drug-likeness (QED) is 0.752. The maximum Gasteiger partial charge on any atom is 0.0537 e. The third-order valence-electron chi connectivity index (χ3n) is 3.46. The van der Waals surface area contributed by atoms with Gasteiger partial charge in [0.25, 0.3) is 0 Å². The van der Waals surface area contributed by atoms with Crippen LogP contribution in [0.2, 0.25) is 0 Å². The molecule has 0 aromatic carbocycles. The smallest absolute Gasteiger partial charge is 0.0537 e. The van der Waals surface area contributed by atoms with Gasteiger partial charge in [0.05, 0.1) is 6.20 Å². The van der Waals surface area contributed by atoms with Gasteiger partial charge >= 0.3 is 0 Å². The first-order valence-electron chi connectivity index (χ1n) is 6.18. The Morgan fingerprint density at radius 1 is 1.38 bits per heavy atom. The van der Waals surface area contributed by atoms with E-state index in [9.17, 15) is 0 Å². The van der Waals surface area contributed by atoms with Crippen LogP contribution in [-0.4, -0.2) is 40.9 Å². The highest BCUT2D eigenvalue weighted by Crippen LogP contribution is 2.06. The van der Waals surface area contributed by atoms with Crippen molar-refractivity contribution in [1.29, 1.82) is 0 Å². The van der Waals surface area contributed by atoms with Gasteiger partial charge in [-0.3, -0.25) is 4.68 Å². The topological polar surface area (TPSA) is 33.1 Å². The lowest BCUT2D eigenvalue weighted by atomic mass is 10.2. The van der Waals surface area contributed by atoms with Gasteiger partial charge in [-0.25, -0.2) is 0 Å². The van der Waals surface area contributed by atoms with Crippen molar-refractivity contribution in [2.24, 2.45) is 7.05 Å². The molecular weight excluding hydrogens is 200 g/mol. The number of hydrogen-bond acceptors (Lipinski definition) is 3. The highest BCUT2D eigenvalue weighted by molar-refractivity contribution is 5.15. The van der Waals surface area contributed by atoms with Crippen LogP contribution >= 0.6 is 0 Å². The number of aryl methyl sites for hydroxylation is 1.